The van der Waals surface area contributed by atoms with E-state index in [0.29, 0.717) is 39.2 Å². The highest BCUT2D eigenvalue weighted by atomic mass is 35.5. The number of benzene rings is 4. The number of carbonyl (C=O) groups excluding carboxylic acids is 3. The monoisotopic (exact) mass is 544 g/mol. The predicted octanol–water partition coefficient (Wildman–Crippen LogP) is 6.67. The molecule has 0 aromatic heterocycles. The van der Waals surface area contributed by atoms with Crippen molar-refractivity contribution in [2.45, 2.75) is 4.90 Å². The fraction of sp³-hybridized carbons (Fsp3) is 0.0690. The Morgan fingerprint density at radius 2 is 1.45 bits per heavy atom. The Hall–Kier alpha value is -4.27. The fourth-order valence-corrected chi connectivity index (χ4v) is 4.69. The van der Waals surface area contributed by atoms with Crippen molar-refractivity contribution in [3.05, 3.63) is 107 Å². The lowest BCUT2D eigenvalue weighted by molar-refractivity contribution is -0.113. The SMILES string of the molecule is COc1ccc(N2C(=O)c3ccc(Oc4ccc(NC(=O)CSc5ccc(Cl)cc5)cc4)cc3C2=O)cc1. The Labute approximate surface area is 228 Å². The van der Waals surface area contributed by atoms with Crippen molar-refractivity contribution in [3.8, 4) is 17.2 Å². The predicted molar refractivity (Wildman–Crippen MR) is 148 cm³/mol. The second-order valence-corrected chi connectivity index (χ2v) is 9.75. The first-order valence-corrected chi connectivity index (χ1v) is 12.9. The van der Waals surface area contributed by atoms with E-state index in [9.17, 15) is 14.4 Å². The molecule has 0 bridgehead atoms. The number of amides is 3. The van der Waals surface area contributed by atoms with Crippen LogP contribution in [0.2, 0.25) is 5.02 Å². The quantitative estimate of drug-likeness (QED) is 0.197. The van der Waals surface area contributed by atoms with Gasteiger partial charge in [0.15, 0.2) is 0 Å². The van der Waals surface area contributed by atoms with Crippen LogP contribution in [0.3, 0.4) is 0 Å². The number of imide groups is 1. The lowest BCUT2D eigenvalue weighted by Crippen LogP contribution is -2.29. The Morgan fingerprint density at radius 1 is 0.816 bits per heavy atom. The van der Waals surface area contributed by atoms with E-state index in [1.54, 1.807) is 86.0 Å². The highest BCUT2D eigenvalue weighted by Crippen LogP contribution is 2.33. The normalized spacial score (nSPS) is 12.3. The smallest absolute Gasteiger partial charge is 0.266 e. The molecule has 4 aromatic rings. The van der Waals surface area contributed by atoms with Gasteiger partial charge in [-0.05, 0) is 91.0 Å². The van der Waals surface area contributed by atoms with Gasteiger partial charge >= 0.3 is 0 Å². The van der Waals surface area contributed by atoms with Crippen molar-refractivity contribution in [1.82, 2.24) is 0 Å². The molecule has 0 aliphatic carbocycles. The number of nitrogens with zero attached hydrogens (tertiary/aromatic N) is 1. The van der Waals surface area contributed by atoms with Gasteiger partial charge in [0, 0.05) is 15.6 Å². The van der Waals surface area contributed by atoms with Crippen LogP contribution in [0.15, 0.2) is 95.9 Å². The fourth-order valence-electron chi connectivity index (χ4n) is 3.87. The number of ether oxygens (including phenoxy) is 2. The van der Waals surface area contributed by atoms with Gasteiger partial charge in [0.1, 0.15) is 17.2 Å². The van der Waals surface area contributed by atoms with Gasteiger partial charge in [0.25, 0.3) is 11.8 Å². The molecule has 4 aromatic carbocycles. The van der Waals surface area contributed by atoms with E-state index in [0.717, 1.165) is 9.80 Å². The van der Waals surface area contributed by atoms with E-state index in [-0.39, 0.29) is 17.2 Å². The van der Waals surface area contributed by atoms with E-state index in [4.69, 9.17) is 21.1 Å². The van der Waals surface area contributed by atoms with Gasteiger partial charge in [-0.1, -0.05) is 11.6 Å². The molecule has 5 rings (SSSR count). The molecule has 1 aliphatic rings. The summed E-state index contributed by atoms with van der Waals surface area (Å²) in [7, 11) is 1.55. The summed E-state index contributed by atoms with van der Waals surface area (Å²) in [4.78, 5) is 40.3. The van der Waals surface area contributed by atoms with Gasteiger partial charge in [-0.2, -0.15) is 0 Å². The molecule has 1 aliphatic heterocycles. The minimum atomic E-state index is -0.421. The minimum Gasteiger partial charge on any atom is -0.497 e. The molecule has 0 saturated carbocycles. The van der Waals surface area contributed by atoms with E-state index >= 15 is 0 Å². The van der Waals surface area contributed by atoms with Gasteiger partial charge in [0.2, 0.25) is 5.91 Å². The topological polar surface area (TPSA) is 84.9 Å². The molecule has 190 valence electrons. The summed E-state index contributed by atoms with van der Waals surface area (Å²) in [5.74, 6) is 0.867. The number of hydrogen-bond acceptors (Lipinski definition) is 6. The molecule has 9 heteroatoms. The molecule has 1 heterocycles. The van der Waals surface area contributed by atoms with Gasteiger partial charge in [-0.25, -0.2) is 4.90 Å². The van der Waals surface area contributed by atoms with Crippen LogP contribution in [0.5, 0.6) is 17.2 Å². The van der Waals surface area contributed by atoms with E-state index < -0.39 is 11.8 Å². The van der Waals surface area contributed by atoms with Crippen LogP contribution in [-0.2, 0) is 4.79 Å². The van der Waals surface area contributed by atoms with Crippen molar-refractivity contribution >= 4 is 52.5 Å². The Morgan fingerprint density at radius 3 is 2.13 bits per heavy atom. The summed E-state index contributed by atoms with van der Waals surface area (Å²) in [6.45, 7) is 0. The Bertz CT molecular complexity index is 1510. The number of anilines is 2. The summed E-state index contributed by atoms with van der Waals surface area (Å²) in [6.07, 6.45) is 0. The minimum absolute atomic E-state index is 0.137. The zero-order chi connectivity index (χ0) is 26.6. The number of methoxy groups -OCH3 is 1. The first-order valence-electron chi connectivity index (χ1n) is 11.5. The van der Waals surface area contributed by atoms with Crippen LogP contribution in [-0.4, -0.2) is 30.6 Å². The van der Waals surface area contributed by atoms with Gasteiger partial charge in [0.05, 0.1) is 29.7 Å². The molecular weight excluding hydrogens is 524 g/mol. The van der Waals surface area contributed by atoms with Crippen molar-refractivity contribution in [2.75, 3.05) is 23.1 Å². The number of carbonyl (C=O) groups is 3. The van der Waals surface area contributed by atoms with Crippen LogP contribution >= 0.6 is 23.4 Å². The molecule has 0 radical (unpaired) electrons. The zero-order valence-electron chi connectivity index (χ0n) is 20.1. The molecular formula is C29H21ClN2O5S. The van der Waals surface area contributed by atoms with Crippen molar-refractivity contribution in [2.24, 2.45) is 0 Å². The van der Waals surface area contributed by atoms with E-state index in [2.05, 4.69) is 5.32 Å². The summed E-state index contributed by atoms with van der Waals surface area (Å²) in [6, 6.07) is 25.7. The average Bonchev–Trinajstić information content (AvgIpc) is 3.18. The van der Waals surface area contributed by atoms with Crippen LogP contribution in [0, 0.1) is 0 Å². The van der Waals surface area contributed by atoms with Crippen LogP contribution in [0.4, 0.5) is 11.4 Å². The number of rotatable bonds is 8. The Kier molecular flexibility index (Phi) is 7.35. The summed E-state index contributed by atoms with van der Waals surface area (Å²) in [5.41, 5.74) is 1.67. The maximum Gasteiger partial charge on any atom is 0.266 e. The lowest BCUT2D eigenvalue weighted by Gasteiger charge is -2.14. The maximum atomic E-state index is 13.0. The lowest BCUT2D eigenvalue weighted by atomic mass is 10.1. The largest absolute Gasteiger partial charge is 0.497 e. The number of fused-ring (bicyclic) bond motifs is 1. The van der Waals surface area contributed by atoms with Gasteiger partial charge < -0.3 is 14.8 Å². The number of halogens is 1. The van der Waals surface area contributed by atoms with Gasteiger partial charge in [-0.3, -0.25) is 14.4 Å². The van der Waals surface area contributed by atoms with E-state index in [1.165, 1.54) is 11.8 Å². The van der Waals surface area contributed by atoms with Crippen molar-refractivity contribution < 1.29 is 23.9 Å². The standard InChI is InChI=1S/C29H21ClN2O5S/c1-36-21-10-6-20(7-11-21)32-28(34)25-15-12-23(16-26(25)29(32)35)37-22-8-4-19(5-9-22)31-27(33)17-38-24-13-2-18(30)3-14-24/h2-16H,17H2,1H3,(H,31,33). The molecule has 0 fully saturated rings. The third kappa shape index (κ3) is 5.51. The highest BCUT2D eigenvalue weighted by Gasteiger charge is 2.37. The summed E-state index contributed by atoms with van der Waals surface area (Å²) < 4.78 is 11.1. The molecule has 0 saturated heterocycles. The van der Waals surface area contributed by atoms with Crippen LogP contribution in [0.1, 0.15) is 20.7 Å². The number of nitrogens with one attached hydrogen (secondary N) is 1. The van der Waals surface area contributed by atoms with Crippen LogP contribution in [0.25, 0.3) is 0 Å². The molecule has 1 N–H and O–H groups in total. The third-order valence-corrected chi connectivity index (χ3v) is 7.01. The first kappa shape index (κ1) is 25.4. The first-order chi connectivity index (χ1) is 18.4. The number of thioether (sulfide) groups is 1. The molecule has 0 unspecified atom stereocenters. The van der Waals surface area contributed by atoms with E-state index in [1.807, 2.05) is 12.1 Å². The molecule has 0 spiro atoms. The average molecular weight is 545 g/mol. The second-order valence-electron chi connectivity index (χ2n) is 8.27. The molecule has 38 heavy (non-hydrogen) atoms. The Balaban J connectivity index is 1.21. The number of hydrogen-bond donors (Lipinski definition) is 1. The zero-order valence-corrected chi connectivity index (χ0v) is 21.7. The molecule has 0 atom stereocenters. The molecule has 3 amide bonds. The summed E-state index contributed by atoms with van der Waals surface area (Å²) in [5, 5.41) is 3.50. The highest BCUT2D eigenvalue weighted by molar-refractivity contribution is 8.00. The van der Waals surface area contributed by atoms with Crippen LogP contribution < -0.4 is 19.7 Å². The maximum absolute atomic E-state index is 13.0. The second kappa shape index (κ2) is 11.0. The van der Waals surface area contributed by atoms with Crippen molar-refractivity contribution in [3.63, 3.8) is 0 Å². The van der Waals surface area contributed by atoms with Crippen molar-refractivity contribution in [1.29, 1.82) is 0 Å². The third-order valence-electron chi connectivity index (χ3n) is 5.75. The molecule has 7 nitrogen and oxygen atoms in total. The summed E-state index contributed by atoms with van der Waals surface area (Å²) >= 11 is 7.30. The van der Waals surface area contributed by atoms with Gasteiger partial charge in [-0.15, -0.1) is 11.8 Å².